The molecular weight excluding hydrogens is 1050 g/mol. The largest absolute Gasteiger partial charge is 0.344 e. The second kappa shape index (κ2) is 520. The van der Waals surface area contributed by atoms with Crippen LogP contribution in [0.2, 0.25) is 0 Å². The molecule has 0 spiro atoms. The number of rotatable bonds is 0. The molecule has 0 aliphatic rings. The first kappa shape index (κ1) is 228. The molecule has 0 heterocycles. The van der Waals surface area contributed by atoms with Gasteiger partial charge in [-0.1, -0.05) is 0 Å². The van der Waals surface area contributed by atoms with Crippen molar-refractivity contribution in [2.75, 3.05) is 0 Å². The van der Waals surface area contributed by atoms with E-state index in [9.17, 15) is 0 Å². The summed E-state index contributed by atoms with van der Waals surface area (Å²) in [6.07, 6.45) is 0. The Morgan fingerprint density at radius 1 is 0.200 bits per heavy atom. The van der Waals surface area contributed by atoms with Gasteiger partial charge in [0, 0.05) is 145 Å². The predicted molar refractivity (Wildman–Crippen MR) is 144 cm³/mol. The molecule has 0 aromatic carbocycles. The molecule has 0 aliphatic heterocycles. The molecule has 0 aromatic heterocycles. The number of hydrogen-bond donors (Lipinski definition) is 12. The SMILES string of the molecule is II.II.II.N.N.N.N.N.N.N.N.N.N.N.N.[Co].[Co]. The van der Waals surface area contributed by atoms with Gasteiger partial charge >= 0.3 is 0 Å². The zero-order valence-corrected chi connectivity index (χ0v) is 26.4. The molecule has 0 saturated carbocycles. The Labute approximate surface area is 214 Å². The van der Waals surface area contributed by atoms with Crippen molar-refractivity contribution in [1.82, 2.24) is 73.8 Å². The van der Waals surface area contributed by atoms with Crippen LogP contribution < -0.4 is 73.8 Å². The maximum atomic E-state index is 2.12. The summed E-state index contributed by atoms with van der Waals surface area (Å²) >= 11 is 12.7. The Kier molecular flexibility index (Phi) is 5920. The second-order valence-electron chi connectivity index (χ2n) is 0. The molecule has 0 saturated heterocycles. The Morgan fingerprint density at radius 3 is 0.200 bits per heavy atom. The Morgan fingerprint density at radius 2 is 0.200 bits per heavy atom. The van der Waals surface area contributed by atoms with Gasteiger partial charge < -0.3 is 73.8 Å². The van der Waals surface area contributed by atoms with Crippen LogP contribution in [-0.4, -0.2) is 0 Å². The van der Waals surface area contributed by atoms with Crippen molar-refractivity contribution in [1.29, 1.82) is 0 Å². The molecule has 0 amide bonds. The average Bonchev–Trinajstić information content (AvgIpc) is 1.81. The van der Waals surface area contributed by atoms with Gasteiger partial charge in [-0.25, -0.2) is 0 Å². The minimum absolute atomic E-state index is 0. The van der Waals surface area contributed by atoms with Gasteiger partial charge in [-0.05, 0) is 0 Å². The molecule has 12 nitrogen and oxygen atoms in total. The van der Waals surface area contributed by atoms with Crippen LogP contribution in [-0.2, 0) is 33.6 Å². The number of halogens is 6. The quantitative estimate of drug-likeness (QED) is 0.107. The molecule has 0 bridgehead atoms. The minimum Gasteiger partial charge on any atom is -0.344 e. The van der Waals surface area contributed by atoms with E-state index in [-0.39, 0.29) is 107 Å². The van der Waals surface area contributed by atoms with Gasteiger partial charge in [0.05, 0.1) is 0 Å². The third-order valence-electron chi connectivity index (χ3n) is 0. The minimum atomic E-state index is 0. The van der Waals surface area contributed by atoms with E-state index in [4.69, 9.17) is 0 Å². The molecular formula is H36Co2I6N12. The van der Waals surface area contributed by atoms with E-state index in [1.54, 1.807) is 0 Å². The summed E-state index contributed by atoms with van der Waals surface area (Å²) in [5.41, 5.74) is 0. The molecule has 36 N–H and O–H groups in total. The molecule has 0 aliphatic carbocycles. The normalized spacial score (nSPS) is 0.900. The molecule has 0 unspecified atom stereocenters. The smallest absolute Gasteiger partial charge is 0 e. The van der Waals surface area contributed by atoms with Crippen LogP contribution in [0.15, 0.2) is 0 Å². The first-order valence-corrected chi connectivity index (χ1v) is 19.3. The van der Waals surface area contributed by atoms with Gasteiger partial charge in [0.25, 0.3) is 0 Å². The van der Waals surface area contributed by atoms with Gasteiger partial charge in [0.1, 0.15) is 0 Å². The average molecular weight is 1080 g/mol. The first-order chi connectivity index (χ1) is 3.00. The Balaban J connectivity index is -0.000000000333. The van der Waals surface area contributed by atoms with Gasteiger partial charge in [-0.2, -0.15) is 0 Å². The summed E-state index contributed by atoms with van der Waals surface area (Å²) in [7, 11) is 0. The zero-order chi connectivity index (χ0) is 6.00. The van der Waals surface area contributed by atoms with E-state index >= 15 is 0 Å². The van der Waals surface area contributed by atoms with Crippen LogP contribution in [0.1, 0.15) is 0 Å². The second-order valence-corrected chi connectivity index (χ2v) is 0. The molecule has 0 atom stereocenters. The molecule has 20 heavy (non-hydrogen) atoms. The molecule has 0 fully saturated rings. The van der Waals surface area contributed by atoms with E-state index < -0.39 is 0 Å². The topological polar surface area (TPSA) is 420 Å². The van der Waals surface area contributed by atoms with Crippen LogP contribution in [0, 0.1) is 0 Å². The first-order valence-electron chi connectivity index (χ1n) is 0.429. The van der Waals surface area contributed by atoms with Crippen molar-refractivity contribution in [2.24, 2.45) is 0 Å². The van der Waals surface area contributed by atoms with E-state index in [1.165, 1.54) is 0 Å². The van der Waals surface area contributed by atoms with Crippen LogP contribution in [0.5, 0.6) is 0 Å². The van der Waals surface area contributed by atoms with Crippen LogP contribution >= 0.6 is 112 Å². The summed E-state index contributed by atoms with van der Waals surface area (Å²) < 4.78 is 0. The van der Waals surface area contributed by atoms with Crippen molar-refractivity contribution in [3.05, 3.63) is 0 Å². The van der Waals surface area contributed by atoms with Crippen molar-refractivity contribution in [3.63, 3.8) is 0 Å². The molecule has 0 rings (SSSR count). The summed E-state index contributed by atoms with van der Waals surface area (Å²) in [5.74, 6) is 0. The summed E-state index contributed by atoms with van der Waals surface area (Å²) in [4.78, 5) is 0. The van der Waals surface area contributed by atoms with E-state index in [1.807, 2.05) is 0 Å². The monoisotopic (exact) mass is 1080 g/mol. The van der Waals surface area contributed by atoms with Crippen molar-refractivity contribution < 1.29 is 33.6 Å². The standard InChI is InChI=1S/2Co.3I2.12H3N/c;;3*1-2;;;;;;;;;;;;/h;;;;;12*1H3. The fourth-order valence-electron chi connectivity index (χ4n) is 0. The van der Waals surface area contributed by atoms with Crippen molar-refractivity contribution >= 4 is 112 Å². The third-order valence-corrected chi connectivity index (χ3v) is 0. The maximum absolute atomic E-state index is 2.12. The molecule has 20 heteroatoms. The van der Waals surface area contributed by atoms with E-state index in [2.05, 4.69) is 112 Å². The predicted octanol–water partition coefficient (Wildman–Crippen LogP) is 7.25. The summed E-state index contributed by atoms with van der Waals surface area (Å²) in [5, 5.41) is 0. The molecule has 156 valence electrons. The summed E-state index contributed by atoms with van der Waals surface area (Å²) in [6.45, 7) is 0. The number of hydrogen-bond acceptors (Lipinski definition) is 12. The van der Waals surface area contributed by atoms with Gasteiger partial charge in [0.15, 0.2) is 0 Å². The van der Waals surface area contributed by atoms with Crippen molar-refractivity contribution in [2.45, 2.75) is 0 Å². The van der Waals surface area contributed by atoms with Gasteiger partial charge in [0.2, 0.25) is 0 Å². The fourth-order valence-corrected chi connectivity index (χ4v) is 0. The van der Waals surface area contributed by atoms with Gasteiger partial charge in [-0.3, -0.25) is 0 Å². The summed E-state index contributed by atoms with van der Waals surface area (Å²) in [6, 6.07) is 0. The molecule has 2 radical (unpaired) electrons. The third kappa shape index (κ3) is 456. The maximum Gasteiger partial charge on any atom is 0 e. The Bertz CT molecular complexity index is 25.9. The fraction of sp³-hybridized carbons (Fsp3) is 0. The molecule has 0 aromatic rings. The van der Waals surface area contributed by atoms with Crippen LogP contribution in [0.4, 0.5) is 0 Å². The zero-order valence-electron chi connectivity index (χ0n) is 11.4. The van der Waals surface area contributed by atoms with E-state index in [0.29, 0.717) is 0 Å². The van der Waals surface area contributed by atoms with Crippen LogP contribution in [0.25, 0.3) is 0 Å². The Hall–Kier alpha value is 4.91. The van der Waals surface area contributed by atoms with Gasteiger partial charge in [-0.15, -0.1) is 0 Å². The van der Waals surface area contributed by atoms with E-state index in [0.717, 1.165) is 0 Å². The van der Waals surface area contributed by atoms with Crippen LogP contribution in [0.3, 0.4) is 0 Å². The van der Waals surface area contributed by atoms with Crippen molar-refractivity contribution in [3.8, 4) is 0 Å².